The molecule has 5 aliphatic rings. The lowest BCUT2D eigenvalue weighted by molar-refractivity contribution is -0.0327. The summed E-state index contributed by atoms with van der Waals surface area (Å²) in [5.41, 5.74) is 5.20. The van der Waals surface area contributed by atoms with Crippen LogP contribution < -0.4 is 4.90 Å². The number of hydrogen-bond acceptors (Lipinski definition) is 3. The fourth-order valence-corrected chi connectivity index (χ4v) is 9.91. The van der Waals surface area contributed by atoms with Crippen molar-refractivity contribution in [3.05, 3.63) is 95.6 Å². The maximum absolute atomic E-state index is 13.7. The first-order chi connectivity index (χ1) is 17.6. The Kier molecular flexibility index (Phi) is 4.15. The summed E-state index contributed by atoms with van der Waals surface area (Å²) in [7, 11) is 0. The molecule has 182 valence electrons. The summed E-state index contributed by atoms with van der Waals surface area (Å²) >= 11 is 0. The van der Waals surface area contributed by atoms with Crippen LogP contribution in [0.4, 0.5) is 5.69 Å². The number of hydrogen-bond donors (Lipinski definition) is 1. The van der Waals surface area contributed by atoms with Crippen molar-refractivity contribution in [2.75, 3.05) is 18.0 Å². The fourth-order valence-electron chi connectivity index (χ4n) is 9.91. The molecule has 4 bridgehead atoms. The average molecular weight is 477 g/mol. The van der Waals surface area contributed by atoms with Gasteiger partial charge in [0, 0.05) is 47.3 Å². The third kappa shape index (κ3) is 2.43. The normalized spacial score (nSPS) is 35.3. The van der Waals surface area contributed by atoms with Crippen molar-refractivity contribution in [2.45, 2.75) is 49.6 Å². The van der Waals surface area contributed by atoms with Crippen LogP contribution in [0.15, 0.2) is 78.9 Å². The quantitative estimate of drug-likeness (QED) is 0.538. The Morgan fingerprint density at radius 1 is 0.944 bits per heavy atom. The number of phenolic OH excluding ortho intramolecular Hbond substituents is 1. The number of aromatic hydroxyl groups is 1. The first kappa shape index (κ1) is 20.9. The molecule has 2 heterocycles. The highest BCUT2D eigenvalue weighted by Crippen LogP contribution is 2.75. The van der Waals surface area contributed by atoms with Gasteiger partial charge in [-0.25, -0.2) is 0 Å². The van der Waals surface area contributed by atoms with Gasteiger partial charge >= 0.3 is 0 Å². The molecule has 3 aliphatic carbocycles. The molecule has 6 atom stereocenters. The SMILES string of the molecule is O=C(c1ccccc1)N1C[C@H]2C[C@@]34CCC1C2[C@@]31CCN(c2ccccc2)[C@@H]4Cc2ccc(O)cc21. The molecule has 36 heavy (non-hydrogen) atoms. The molecule has 0 spiro atoms. The van der Waals surface area contributed by atoms with Crippen LogP contribution in [0.2, 0.25) is 0 Å². The van der Waals surface area contributed by atoms with E-state index in [9.17, 15) is 9.90 Å². The number of likely N-dealkylation sites (tertiary alicyclic amines) is 1. The summed E-state index contributed by atoms with van der Waals surface area (Å²) in [6.07, 6.45) is 5.58. The molecule has 3 aromatic rings. The summed E-state index contributed by atoms with van der Waals surface area (Å²) in [6, 6.07) is 27.8. The van der Waals surface area contributed by atoms with E-state index in [0.29, 0.717) is 23.6 Å². The monoisotopic (exact) mass is 476 g/mol. The zero-order valence-electron chi connectivity index (χ0n) is 20.5. The number of para-hydroxylation sites is 1. The van der Waals surface area contributed by atoms with Crippen LogP contribution in [0, 0.1) is 17.3 Å². The van der Waals surface area contributed by atoms with Crippen molar-refractivity contribution in [1.29, 1.82) is 0 Å². The van der Waals surface area contributed by atoms with Gasteiger partial charge in [0.25, 0.3) is 5.91 Å². The van der Waals surface area contributed by atoms with Gasteiger partial charge in [-0.05, 0) is 91.5 Å². The van der Waals surface area contributed by atoms with Gasteiger partial charge in [-0.3, -0.25) is 4.79 Å². The second-order valence-corrected chi connectivity index (χ2v) is 11.9. The van der Waals surface area contributed by atoms with Crippen molar-refractivity contribution in [3.63, 3.8) is 0 Å². The second kappa shape index (κ2) is 7.15. The van der Waals surface area contributed by atoms with Crippen molar-refractivity contribution in [3.8, 4) is 5.75 Å². The molecule has 3 aromatic carbocycles. The highest BCUT2D eigenvalue weighted by atomic mass is 16.3. The van der Waals surface area contributed by atoms with Gasteiger partial charge < -0.3 is 14.9 Å². The number of phenols is 1. The van der Waals surface area contributed by atoms with Crippen LogP contribution in [-0.2, 0) is 11.8 Å². The maximum atomic E-state index is 13.7. The number of carbonyl (C=O) groups is 1. The first-order valence-electron chi connectivity index (χ1n) is 13.6. The van der Waals surface area contributed by atoms with E-state index in [1.165, 1.54) is 23.2 Å². The van der Waals surface area contributed by atoms with Crippen LogP contribution in [0.1, 0.15) is 47.2 Å². The molecule has 4 nitrogen and oxygen atoms in total. The summed E-state index contributed by atoms with van der Waals surface area (Å²) in [5, 5.41) is 10.7. The Morgan fingerprint density at radius 2 is 1.72 bits per heavy atom. The molecule has 0 aromatic heterocycles. The first-order valence-corrected chi connectivity index (χ1v) is 13.6. The smallest absolute Gasteiger partial charge is 0.254 e. The number of benzene rings is 3. The minimum absolute atomic E-state index is 0.0363. The van der Waals surface area contributed by atoms with Gasteiger partial charge in [-0.1, -0.05) is 42.5 Å². The Hall–Kier alpha value is -3.27. The molecule has 2 saturated carbocycles. The molecule has 2 saturated heterocycles. The standard InChI is InChI=1S/C32H32N2O2/c35-25-12-11-22-17-28-31-14-13-27-29(23(19-31)20-34(27)30(36)21-7-3-1-4-8-21)32(31,26(22)18-25)15-16-33(28)24-9-5-2-6-10-24/h1-12,18,23,27-29,35H,13-17,19-20H2/t23-,27?,28-,29?,31-,32+/m1/s1. The van der Waals surface area contributed by atoms with Crippen LogP contribution >= 0.6 is 0 Å². The number of anilines is 1. The molecular weight excluding hydrogens is 444 g/mol. The van der Waals surface area contributed by atoms with Crippen LogP contribution in [0.25, 0.3) is 0 Å². The number of nitrogens with zero attached hydrogens (tertiary/aromatic N) is 2. The van der Waals surface area contributed by atoms with E-state index in [4.69, 9.17) is 0 Å². The van der Waals surface area contributed by atoms with E-state index in [-0.39, 0.29) is 22.8 Å². The lowest BCUT2D eigenvalue weighted by Crippen LogP contribution is -2.70. The van der Waals surface area contributed by atoms with E-state index >= 15 is 0 Å². The largest absolute Gasteiger partial charge is 0.508 e. The maximum Gasteiger partial charge on any atom is 0.254 e. The van der Waals surface area contributed by atoms with Gasteiger partial charge in [0.1, 0.15) is 5.75 Å². The Balaban J connectivity index is 1.28. The molecule has 4 fully saturated rings. The number of rotatable bonds is 2. The minimum Gasteiger partial charge on any atom is -0.508 e. The molecule has 2 aliphatic heterocycles. The van der Waals surface area contributed by atoms with Crippen LogP contribution in [0.3, 0.4) is 0 Å². The van der Waals surface area contributed by atoms with Crippen LogP contribution in [-0.4, -0.2) is 41.1 Å². The number of carbonyl (C=O) groups excluding carboxylic acids is 1. The Morgan fingerprint density at radius 3 is 2.53 bits per heavy atom. The van der Waals surface area contributed by atoms with E-state index in [2.05, 4.69) is 52.3 Å². The molecule has 4 heteroatoms. The van der Waals surface area contributed by atoms with Gasteiger partial charge in [-0.15, -0.1) is 0 Å². The van der Waals surface area contributed by atoms with Gasteiger partial charge in [-0.2, -0.15) is 0 Å². The number of amides is 1. The molecule has 1 amide bonds. The zero-order valence-corrected chi connectivity index (χ0v) is 20.5. The van der Waals surface area contributed by atoms with Gasteiger partial charge in [0.05, 0.1) is 0 Å². The molecule has 8 rings (SSSR count). The van der Waals surface area contributed by atoms with Gasteiger partial charge in [0.15, 0.2) is 0 Å². The predicted molar refractivity (Wildman–Crippen MR) is 140 cm³/mol. The Labute approximate surface area is 212 Å². The lowest BCUT2D eigenvalue weighted by atomic mass is 9.43. The van der Waals surface area contributed by atoms with E-state index < -0.39 is 0 Å². The van der Waals surface area contributed by atoms with Crippen molar-refractivity contribution in [1.82, 2.24) is 4.90 Å². The highest BCUT2D eigenvalue weighted by molar-refractivity contribution is 5.94. The Bertz CT molecular complexity index is 1360. The summed E-state index contributed by atoms with van der Waals surface area (Å²) < 4.78 is 0. The van der Waals surface area contributed by atoms with E-state index in [0.717, 1.165) is 44.3 Å². The molecular formula is C32H32N2O2. The predicted octanol–water partition coefficient (Wildman–Crippen LogP) is 5.41. The topological polar surface area (TPSA) is 43.8 Å². The fraction of sp³-hybridized carbons (Fsp3) is 0.406. The van der Waals surface area contributed by atoms with Crippen LogP contribution in [0.5, 0.6) is 5.75 Å². The third-order valence-electron chi connectivity index (χ3n) is 10.8. The van der Waals surface area contributed by atoms with E-state index in [1.807, 2.05) is 36.4 Å². The lowest BCUT2D eigenvalue weighted by Gasteiger charge is -2.67. The van der Waals surface area contributed by atoms with Crippen molar-refractivity contribution >= 4 is 11.6 Å². The molecule has 0 radical (unpaired) electrons. The number of piperidine rings is 1. The second-order valence-electron chi connectivity index (χ2n) is 11.9. The summed E-state index contributed by atoms with van der Waals surface area (Å²) in [5.74, 6) is 1.58. The summed E-state index contributed by atoms with van der Waals surface area (Å²) in [6.45, 7) is 1.91. The highest BCUT2D eigenvalue weighted by Gasteiger charge is 2.76. The minimum atomic E-state index is 0.0363. The zero-order chi connectivity index (χ0) is 24.1. The third-order valence-corrected chi connectivity index (χ3v) is 10.8. The van der Waals surface area contributed by atoms with E-state index in [1.54, 1.807) is 0 Å². The average Bonchev–Trinajstić information content (AvgIpc) is 3.36. The molecule has 1 N–H and O–H groups in total. The number of fused-ring (bicyclic) bond motifs is 1. The van der Waals surface area contributed by atoms with Gasteiger partial charge in [0.2, 0.25) is 0 Å². The van der Waals surface area contributed by atoms with Crippen molar-refractivity contribution < 1.29 is 9.90 Å². The molecule has 2 unspecified atom stereocenters. The summed E-state index contributed by atoms with van der Waals surface area (Å²) in [4.78, 5) is 18.7. The van der Waals surface area contributed by atoms with Crippen molar-refractivity contribution in [2.24, 2.45) is 17.3 Å².